The average Bonchev–Trinajstić information content (AvgIpc) is 2.42. The lowest BCUT2D eigenvalue weighted by atomic mass is 10.1. The summed E-state index contributed by atoms with van der Waals surface area (Å²) in [6.07, 6.45) is 1.35. The second-order valence-electron chi connectivity index (χ2n) is 4.20. The molecule has 2 aromatic rings. The van der Waals surface area contributed by atoms with Crippen molar-refractivity contribution in [3.05, 3.63) is 57.7 Å². The van der Waals surface area contributed by atoms with Gasteiger partial charge in [0.2, 0.25) is 5.91 Å². The number of nitrogens with one attached hydrogen (secondary N) is 1. The second-order valence-corrected chi connectivity index (χ2v) is 5.04. The Balaban J connectivity index is 2.08. The maximum atomic E-state index is 11.9. The summed E-state index contributed by atoms with van der Waals surface area (Å²) in [5, 5.41) is 12.3. The Bertz CT molecular complexity index is 704. The van der Waals surface area contributed by atoms with E-state index in [0.717, 1.165) is 0 Å². The number of amides is 1. The zero-order valence-corrected chi connectivity index (χ0v) is 12.1. The smallest absolute Gasteiger partial charge is 0.335 e. The molecular weight excluding hydrogens is 315 g/mol. The van der Waals surface area contributed by atoms with Crippen molar-refractivity contribution < 1.29 is 14.7 Å². The molecule has 0 aliphatic rings. The third-order valence-corrected chi connectivity index (χ3v) is 3.23. The number of anilines is 1. The largest absolute Gasteiger partial charge is 0.478 e. The topological polar surface area (TPSA) is 79.3 Å². The number of carbonyl (C=O) groups excluding carboxylic acids is 1. The Morgan fingerprint density at radius 1 is 1.19 bits per heavy atom. The summed E-state index contributed by atoms with van der Waals surface area (Å²) in [5.74, 6) is -1.27. The van der Waals surface area contributed by atoms with Crippen molar-refractivity contribution in [2.75, 3.05) is 5.32 Å². The van der Waals surface area contributed by atoms with Crippen molar-refractivity contribution in [3.63, 3.8) is 0 Å². The summed E-state index contributed by atoms with van der Waals surface area (Å²) < 4.78 is 0. The van der Waals surface area contributed by atoms with Crippen molar-refractivity contribution in [3.8, 4) is 0 Å². The molecule has 2 N–H and O–H groups in total. The number of aromatic carboxylic acids is 1. The van der Waals surface area contributed by atoms with Crippen molar-refractivity contribution in [1.82, 2.24) is 4.98 Å². The molecule has 0 unspecified atom stereocenters. The van der Waals surface area contributed by atoms with Crippen LogP contribution in [0.4, 0.5) is 5.82 Å². The van der Waals surface area contributed by atoms with Gasteiger partial charge in [-0.3, -0.25) is 4.79 Å². The minimum atomic E-state index is -1.09. The average molecular weight is 325 g/mol. The van der Waals surface area contributed by atoms with E-state index >= 15 is 0 Å². The van der Waals surface area contributed by atoms with Gasteiger partial charge in [0.25, 0.3) is 0 Å². The van der Waals surface area contributed by atoms with Gasteiger partial charge in [-0.15, -0.1) is 0 Å². The van der Waals surface area contributed by atoms with Gasteiger partial charge >= 0.3 is 5.97 Å². The van der Waals surface area contributed by atoms with E-state index in [1.165, 1.54) is 18.3 Å². The van der Waals surface area contributed by atoms with Crippen molar-refractivity contribution >= 4 is 40.9 Å². The predicted octanol–water partition coefficient (Wildman–Crippen LogP) is 3.27. The van der Waals surface area contributed by atoms with Crippen LogP contribution in [0.3, 0.4) is 0 Å². The van der Waals surface area contributed by atoms with Gasteiger partial charge in [0.1, 0.15) is 5.82 Å². The molecule has 0 fully saturated rings. The number of carboxylic acid groups (broad SMARTS) is 1. The number of rotatable bonds is 4. The van der Waals surface area contributed by atoms with E-state index in [1.54, 1.807) is 18.2 Å². The minimum Gasteiger partial charge on any atom is -0.478 e. The second kappa shape index (κ2) is 6.56. The van der Waals surface area contributed by atoms with Crippen LogP contribution in [0.25, 0.3) is 0 Å². The molecule has 2 rings (SSSR count). The number of carboxylic acids is 1. The van der Waals surface area contributed by atoms with E-state index in [0.29, 0.717) is 15.6 Å². The third kappa shape index (κ3) is 4.18. The molecule has 0 spiro atoms. The Labute approximate surface area is 130 Å². The Morgan fingerprint density at radius 2 is 1.95 bits per heavy atom. The maximum Gasteiger partial charge on any atom is 0.335 e. The first-order valence-electron chi connectivity index (χ1n) is 5.89. The standard InChI is InChI=1S/C14H10Cl2N2O3/c15-10-2-1-8(11(16)7-10)6-13(19)18-12-5-9(14(20)21)3-4-17-12/h1-5,7H,6H2,(H,20,21)(H,17,18,19). The zero-order valence-electron chi connectivity index (χ0n) is 10.6. The van der Waals surface area contributed by atoms with E-state index in [2.05, 4.69) is 10.3 Å². The van der Waals surface area contributed by atoms with Crippen LogP contribution in [-0.4, -0.2) is 22.0 Å². The van der Waals surface area contributed by atoms with E-state index in [1.807, 2.05) is 0 Å². The predicted molar refractivity (Wildman–Crippen MR) is 80.0 cm³/mol. The highest BCUT2D eigenvalue weighted by Crippen LogP contribution is 2.21. The van der Waals surface area contributed by atoms with Gasteiger partial charge in [-0.25, -0.2) is 9.78 Å². The quantitative estimate of drug-likeness (QED) is 0.904. The summed E-state index contributed by atoms with van der Waals surface area (Å²) >= 11 is 11.8. The number of nitrogens with zero attached hydrogens (tertiary/aromatic N) is 1. The highest BCUT2D eigenvalue weighted by atomic mass is 35.5. The van der Waals surface area contributed by atoms with Gasteiger partial charge in [0.05, 0.1) is 12.0 Å². The maximum absolute atomic E-state index is 11.9. The molecule has 0 saturated carbocycles. The summed E-state index contributed by atoms with van der Waals surface area (Å²) in [6, 6.07) is 7.47. The van der Waals surface area contributed by atoms with Crippen LogP contribution in [0.15, 0.2) is 36.5 Å². The van der Waals surface area contributed by atoms with Gasteiger partial charge < -0.3 is 10.4 Å². The first-order valence-corrected chi connectivity index (χ1v) is 6.64. The first kappa shape index (κ1) is 15.3. The van der Waals surface area contributed by atoms with Crippen LogP contribution in [0.2, 0.25) is 10.0 Å². The Morgan fingerprint density at radius 3 is 2.62 bits per heavy atom. The summed E-state index contributed by atoms with van der Waals surface area (Å²) in [5.41, 5.74) is 0.665. The molecule has 0 aliphatic carbocycles. The molecule has 5 nitrogen and oxygen atoms in total. The van der Waals surface area contributed by atoms with Gasteiger partial charge in [-0.05, 0) is 29.8 Å². The highest BCUT2D eigenvalue weighted by Gasteiger charge is 2.10. The Kier molecular flexibility index (Phi) is 4.77. The number of aromatic nitrogens is 1. The summed E-state index contributed by atoms with van der Waals surface area (Å²) in [7, 11) is 0. The van der Waals surface area contributed by atoms with Crippen LogP contribution in [0, 0.1) is 0 Å². The fourth-order valence-electron chi connectivity index (χ4n) is 1.66. The molecule has 0 bridgehead atoms. The first-order chi connectivity index (χ1) is 9.95. The molecule has 21 heavy (non-hydrogen) atoms. The van der Waals surface area contributed by atoms with Crippen LogP contribution in [0.1, 0.15) is 15.9 Å². The molecule has 1 aromatic carbocycles. The molecule has 1 heterocycles. The molecule has 0 saturated heterocycles. The number of hydrogen-bond donors (Lipinski definition) is 2. The van der Waals surface area contributed by atoms with Crippen LogP contribution in [-0.2, 0) is 11.2 Å². The number of benzene rings is 1. The van der Waals surface area contributed by atoms with Crippen molar-refractivity contribution in [2.45, 2.75) is 6.42 Å². The monoisotopic (exact) mass is 324 g/mol. The number of halogens is 2. The lowest BCUT2D eigenvalue weighted by molar-refractivity contribution is -0.115. The van der Waals surface area contributed by atoms with Gasteiger partial charge in [0, 0.05) is 16.2 Å². The highest BCUT2D eigenvalue weighted by molar-refractivity contribution is 6.35. The molecular formula is C14H10Cl2N2O3. The van der Waals surface area contributed by atoms with Crippen LogP contribution >= 0.6 is 23.2 Å². The third-order valence-electron chi connectivity index (χ3n) is 2.64. The van der Waals surface area contributed by atoms with Crippen molar-refractivity contribution in [1.29, 1.82) is 0 Å². The van der Waals surface area contributed by atoms with Gasteiger partial charge in [-0.2, -0.15) is 0 Å². The van der Waals surface area contributed by atoms with Gasteiger partial charge in [0.15, 0.2) is 0 Å². The molecule has 1 amide bonds. The molecule has 0 atom stereocenters. The number of pyridine rings is 1. The lowest BCUT2D eigenvalue weighted by Crippen LogP contribution is -2.16. The summed E-state index contributed by atoms with van der Waals surface area (Å²) in [6.45, 7) is 0. The van der Waals surface area contributed by atoms with Crippen molar-refractivity contribution in [2.24, 2.45) is 0 Å². The van der Waals surface area contributed by atoms with Gasteiger partial charge in [-0.1, -0.05) is 29.3 Å². The van der Waals surface area contributed by atoms with E-state index in [9.17, 15) is 9.59 Å². The minimum absolute atomic E-state index is 0.0367. The molecule has 108 valence electrons. The molecule has 0 aliphatic heterocycles. The number of hydrogen-bond acceptors (Lipinski definition) is 3. The Hall–Kier alpha value is -2.11. The normalized spacial score (nSPS) is 10.2. The van der Waals surface area contributed by atoms with E-state index in [4.69, 9.17) is 28.3 Å². The lowest BCUT2D eigenvalue weighted by Gasteiger charge is -2.07. The van der Waals surface area contributed by atoms with Crippen LogP contribution < -0.4 is 5.32 Å². The fourth-order valence-corrected chi connectivity index (χ4v) is 2.13. The molecule has 7 heteroatoms. The van der Waals surface area contributed by atoms with Crippen LogP contribution in [0.5, 0.6) is 0 Å². The van der Waals surface area contributed by atoms with E-state index in [-0.39, 0.29) is 23.7 Å². The zero-order chi connectivity index (χ0) is 15.4. The van der Waals surface area contributed by atoms with E-state index < -0.39 is 5.97 Å². The molecule has 0 radical (unpaired) electrons. The fraction of sp³-hybridized carbons (Fsp3) is 0.0714. The summed E-state index contributed by atoms with van der Waals surface area (Å²) in [4.78, 5) is 26.6. The SMILES string of the molecule is O=C(Cc1ccc(Cl)cc1Cl)Nc1cc(C(=O)O)ccn1. The number of carbonyl (C=O) groups is 2. The molecule has 1 aromatic heterocycles.